The number of pyridine rings is 1. The molecule has 2 unspecified atom stereocenters. The van der Waals surface area contributed by atoms with Crippen LogP contribution in [0.2, 0.25) is 0 Å². The van der Waals surface area contributed by atoms with E-state index in [-0.39, 0.29) is 0 Å². The van der Waals surface area contributed by atoms with Crippen molar-refractivity contribution in [1.82, 2.24) is 9.88 Å². The van der Waals surface area contributed by atoms with Crippen LogP contribution >= 0.6 is 0 Å². The molecule has 0 bridgehead atoms. The normalized spacial score (nSPS) is 18.0. The molecule has 2 nitrogen and oxygen atoms in total. The minimum Gasteiger partial charge on any atom is -0.299 e. The minimum absolute atomic E-state index is 0.549. The summed E-state index contributed by atoms with van der Waals surface area (Å²) >= 11 is 0. The van der Waals surface area contributed by atoms with Crippen molar-refractivity contribution < 1.29 is 0 Å². The maximum absolute atomic E-state index is 4.86. The standard InChI is InChI=1S/C24H34N2/c1-6-19(24-17(3)15-21(7-2)25-18(24)4)16-26(5)23-14-10-12-20-11-8-9-13-22(20)23/h8-9,11,13,15,19,23H,6-7,10,12,14,16H2,1-5H3. The third-order valence-electron chi connectivity index (χ3n) is 6.15. The van der Waals surface area contributed by atoms with Gasteiger partial charge >= 0.3 is 0 Å². The lowest BCUT2D eigenvalue weighted by Gasteiger charge is -2.36. The van der Waals surface area contributed by atoms with E-state index >= 15 is 0 Å². The van der Waals surface area contributed by atoms with E-state index in [0.29, 0.717) is 12.0 Å². The number of hydrogen-bond donors (Lipinski definition) is 0. The van der Waals surface area contributed by atoms with E-state index in [0.717, 1.165) is 19.4 Å². The van der Waals surface area contributed by atoms with Crippen molar-refractivity contribution in [2.45, 2.75) is 71.8 Å². The Balaban J connectivity index is 1.83. The zero-order valence-corrected chi connectivity index (χ0v) is 17.2. The molecule has 0 N–H and O–H groups in total. The Morgan fingerprint density at radius 1 is 1.19 bits per heavy atom. The van der Waals surface area contributed by atoms with Crippen molar-refractivity contribution in [3.8, 4) is 0 Å². The number of hydrogen-bond acceptors (Lipinski definition) is 2. The number of nitrogens with zero attached hydrogens (tertiary/aromatic N) is 2. The van der Waals surface area contributed by atoms with Crippen molar-refractivity contribution >= 4 is 0 Å². The summed E-state index contributed by atoms with van der Waals surface area (Å²) in [6.45, 7) is 10.1. The number of aromatic nitrogens is 1. The van der Waals surface area contributed by atoms with Gasteiger partial charge in [-0.1, -0.05) is 38.1 Å². The van der Waals surface area contributed by atoms with Crippen LogP contribution in [0.5, 0.6) is 0 Å². The number of fused-ring (bicyclic) bond motifs is 1. The molecule has 1 aromatic heterocycles. The largest absolute Gasteiger partial charge is 0.299 e. The van der Waals surface area contributed by atoms with Crippen LogP contribution in [-0.4, -0.2) is 23.5 Å². The fraction of sp³-hybridized carbons (Fsp3) is 0.542. The molecule has 0 saturated heterocycles. The number of likely N-dealkylation sites (N-methyl/N-ethyl adjacent to an activating group) is 1. The molecule has 1 aliphatic rings. The van der Waals surface area contributed by atoms with E-state index in [2.05, 4.69) is 70.0 Å². The van der Waals surface area contributed by atoms with Gasteiger partial charge in [-0.3, -0.25) is 9.88 Å². The smallest absolute Gasteiger partial charge is 0.0413 e. The van der Waals surface area contributed by atoms with Crippen LogP contribution in [0.1, 0.15) is 78.7 Å². The maximum atomic E-state index is 4.86. The summed E-state index contributed by atoms with van der Waals surface area (Å²) in [6.07, 6.45) is 5.98. The molecule has 3 rings (SSSR count). The Labute approximate surface area is 159 Å². The molecule has 0 radical (unpaired) electrons. The predicted molar refractivity (Wildman–Crippen MR) is 111 cm³/mol. The minimum atomic E-state index is 0.549. The van der Waals surface area contributed by atoms with Gasteiger partial charge in [0, 0.05) is 24.0 Å². The second kappa shape index (κ2) is 8.35. The van der Waals surface area contributed by atoms with Gasteiger partial charge in [-0.2, -0.15) is 0 Å². The lowest BCUT2D eigenvalue weighted by Crippen LogP contribution is -2.32. The van der Waals surface area contributed by atoms with Crippen molar-refractivity contribution in [3.05, 3.63) is 64.0 Å². The van der Waals surface area contributed by atoms with Crippen molar-refractivity contribution in [2.75, 3.05) is 13.6 Å². The molecule has 2 heteroatoms. The topological polar surface area (TPSA) is 16.1 Å². The molecular formula is C24H34N2. The van der Waals surface area contributed by atoms with Crippen LogP contribution in [0.25, 0.3) is 0 Å². The summed E-state index contributed by atoms with van der Waals surface area (Å²) in [4.78, 5) is 7.45. The first-order valence-corrected chi connectivity index (χ1v) is 10.3. The van der Waals surface area contributed by atoms with E-state index in [1.807, 2.05) is 0 Å². The number of benzene rings is 1. The van der Waals surface area contributed by atoms with E-state index in [1.165, 1.54) is 41.8 Å². The lowest BCUT2D eigenvalue weighted by atomic mass is 9.85. The van der Waals surface area contributed by atoms with E-state index in [9.17, 15) is 0 Å². The SMILES string of the molecule is CCc1cc(C)c(C(CC)CN(C)C2CCCc3ccccc32)c(C)n1. The van der Waals surface area contributed by atoms with Crippen molar-refractivity contribution in [3.63, 3.8) is 0 Å². The summed E-state index contributed by atoms with van der Waals surface area (Å²) in [5.41, 5.74) is 8.42. The van der Waals surface area contributed by atoms with Gasteiger partial charge in [-0.05, 0) is 87.2 Å². The fourth-order valence-corrected chi connectivity index (χ4v) is 4.80. The van der Waals surface area contributed by atoms with Crippen LogP contribution < -0.4 is 0 Å². The van der Waals surface area contributed by atoms with Gasteiger partial charge in [0.25, 0.3) is 0 Å². The number of aryl methyl sites for hydroxylation is 4. The molecule has 0 aliphatic heterocycles. The summed E-state index contributed by atoms with van der Waals surface area (Å²) in [6, 6.07) is 11.9. The van der Waals surface area contributed by atoms with Crippen LogP contribution in [0.4, 0.5) is 0 Å². The first-order chi connectivity index (χ1) is 12.5. The Hall–Kier alpha value is -1.67. The highest BCUT2D eigenvalue weighted by Gasteiger charge is 2.26. The van der Waals surface area contributed by atoms with Gasteiger partial charge in [0.1, 0.15) is 0 Å². The lowest BCUT2D eigenvalue weighted by molar-refractivity contribution is 0.206. The second-order valence-corrected chi connectivity index (χ2v) is 7.93. The Bertz CT molecular complexity index is 727. The first kappa shape index (κ1) is 19.1. The molecule has 0 spiro atoms. The molecule has 1 aliphatic carbocycles. The van der Waals surface area contributed by atoms with Crippen LogP contribution in [0.3, 0.4) is 0 Å². The van der Waals surface area contributed by atoms with Crippen LogP contribution in [0, 0.1) is 13.8 Å². The summed E-state index contributed by atoms with van der Waals surface area (Å²) in [5, 5.41) is 0. The highest BCUT2D eigenvalue weighted by Crippen LogP contribution is 2.36. The van der Waals surface area contributed by atoms with E-state index in [4.69, 9.17) is 4.98 Å². The Morgan fingerprint density at radius 3 is 2.65 bits per heavy atom. The van der Waals surface area contributed by atoms with Crippen LogP contribution in [-0.2, 0) is 12.8 Å². The molecule has 2 atom stereocenters. The fourth-order valence-electron chi connectivity index (χ4n) is 4.80. The number of rotatable bonds is 6. The van der Waals surface area contributed by atoms with Crippen LogP contribution in [0.15, 0.2) is 30.3 Å². The van der Waals surface area contributed by atoms with Gasteiger partial charge in [-0.25, -0.2) is 0 Å². The predicted octanol–water partition coefficient (Wildman–Crippen LogP) is 5.76. The quantitative estimate of drug-likeness (QED) is 0.658. The van der Waals surface area contributed by atoms with E-state index in [1.54, 1.807) is 11.1 Å². The summed E-state index contributed by atoms with van der Waals surface area (Å²) in [7, 11) is 2.31. The van der Waals surface area contributed by atoms with Gasteiger partial charge < -0.3 is 0 Å². The van der Waals surface area contributed by atoms with Gasteiger partial charge in [0.15, 0.2) is 0 Å². The average molecular weight is 351 g/mol. The molecule has 1 aromatic carbocycles. The van der Waals surface area contributed by atoms with E-state index < -0.39 is 0 Å². The van der Waals surface area contributed by atoms with Crippen molar-refractivity contribution in [2.24, 2.45) is 0 Å². The van der Waals surface area contributed by atoms with Crippen molar-refractivity contribution in [1.29, 1.82) is 0 Å². The second-order valence-electron chi connectivity index (χ2n) is 7.93. The monoisotopic (exact) mass is 350 g/mol. The average Bonchev–Trinajstić information content (AvgIpc) is 2.65. The molecule has 26 heavy (non-hydrogen) atoms. The Kier molecular flexibility index (Phi) is 6.13. The summed E-state index contributed by atoms with van der Waals surface area (Å²) < 4.78 is 0. The molecule has 140 valence electrons. The molecule has 0 amide bonds. The highest BCUT2D eigenvalue weighted by molar-refractivity contribution is 5.35. The zero-order valence-electron chi connectivity index (χ0n) is 17.2. The molecule has 0 fully saturated rings. The zero-order chi connectivity index (χ0) is 18.7. The molecule has 1 heterocycles. The molecule has 2 aromatic rings. The first-order valence-electron chi connectivity index (χ1n) is 10.3. The van der Waals surface area contributed by atoms with Gasteiger partial charge in [0.2, 0.25) is 0 Å². The highest BCUT2D eigenvalue weighted by atomic mass is 15.1. The third kappa shape index (κ3) is 3.86. The molecular weight excluding hydrogens is 316 g/mol. The van der Waals surface area contributed by atoms with Gasteiger partial charge in [-0.15, -0.1) is 0 Å². The summed E-state index contributed by atoms with van der Waals surface area (Å²) in [5.74, 6) is 0.549. The third-order valence-corrected chi connectivity index (χ3v) is 6.15. The molecule has 0 saturated carbocycles. The Morgan fingerprint density at radius 2 is 1.96 bits per heavy atom. The van der Waals surface area contributed by atoms with Gasteiger partial charge in [0.05, 0.1) is 0 Å². The maximum Gasteiger partial charge on any atom is 0.0413 e.